The third kappa shape index (κ3) is 2.60. The van der Waals surface area contributed by atoms with Gasteiger partial charge in [0.25, 0.3) is 0 Å². The number of aromatic nitrogens is 2. The van der Waals surface area contributed by atoms with E-state index in [1.165, 1.54) is 14.2 Å². The molecule has 0 aliphatic carbocycles. The lowest BCUT2D eigenvalue weighted by Crippen LogP contribution is -1.95. The van der Waals surface area contributed by atoms with Gasteiger partial charge in [0.05, 0.1) is 11.9 Å². The maximum Gasteiger partial charge on any atom is 0.0729 e. The second-order valence-corrected chi connectivity index (χ2v) is 5.57. The van der Waals surface area contributed by atoms with Crippen LogP contribution in [0.15, 0.2) is 22.9 Å². The molecule has 0 spiro atoms. The molecule has 0 bridgehead atoms. The number of nitrogens with zero attached hydrogens (tertiary/aromatic N) is 2. The molecule has 0 saturated heterocycles. The van der Waals surface area contributed by atoms with E-state index < -0.39 is 0 Å². The number of hydrogen-bond acceptors (Lipinski definition) is 3. The van der Waals surface area contributed by atoms with E-state index in [9.17, 15) is 0 Å². The SMILES string of the molecule is Cc1sc(CNc2cnn(C)c2)cc1Br. The second kappa shape index (κ2) is 4.37. The number of nitrogens with one attached hydrogen (secondary N) is 1. The average molecular weight is 286 g/mol. The number of thiophene rings is 1. The van der Waals surface area contributed by atoms with E-state index in [1.54, 1.807) is 16.0 Å². The van der Waals surface area contributed by atoms with Crippen LogP contribution < -0.4 is 5.32 Å². The summed E-state index contributed by atoms with van der Waals surface area (Å²) in [6.07, 6.45) is 3.80. The van der Waals surface area contributed by atoms with Gasteiger partial charge in [-0.2, -0.15) is 5.10 Å². The summed E-state index contributed by atoms with van der Waals surface area (Å²) >= 11 is 5.32. The zero-order valence-corrected chi connectivity index (χ0v) is 11.0. The quantitative estimate of drug-likeness (QED) is 0.939. The lowest BCUT2D eigenvalue weighted by atomic mass is 10.4. The van der Waals surface area contributed by atoms with Crippen molar-refractivity contribution in [2.75, 3.05) is 5.32 Å². The lowest BCUT2D eigenvalue weighted by Gasteiger charge is -1.99. The molecule has 5 heteroatoms. The first-order chi connectivity index (χ1) is 7.15. The Morgan fingerprint density at radius 1 is 1.60 bits per heavy atom. The molecule has 1 N–H and O–H groups in total. The van der Waals surface area contributed by atoms with Crippen molar-refractivity contribution in [2.24, 2.45) is 7.05 Å². The van der Waals surface area contributed by atoms with Crippen LogP contribution >= 0.6 is 27.3 Å². The van der Waals surface area contributed by atoms with Gasteiger partial charge in [0.1, 0.15) is 0 Å². The number of anilines is 1. The molecule has 0 fully saturated rings. The molecule has 2 aromatic heterocycles. The molecule has 80 valence electrons. The molecular weight excluding hydrogens is 274 g/mol. The maximum absolute atomic E-state index is 4.10. The minimum absolute atomic E-state index is 0.850. The normalized spacial score (nSPS) is 10.6. The van der Waals surface area contributed by atoms with Gasteiger partial charge in [-0.3, -0.25) is 4.68 Å². The van der Waals surface area contributed by atoms with Gasteiger partial charge in [-0.05, 0) is 28.9 Å². The Hall–Kier alpha value is -0.810. The van der Waals surface area contributed by atoms with Crippen molar-refractivity contribution in [1.29, 1.82) is 0 Å². The summed E-state index contributed by atoms with van der Waals surface area (Å²) in [7, 11) is 1.91. The molecule has 2 heterocycles. The molecule has 0 unspecified atom stereocenters. The lowest BCUT2D eigenvalue weighted by molar-refractivity contribution is 0.768. The molecule has 3 nitrogen and oxygen atoms in total. The van der Waals surface area contributed by atoms with Crippen LogP contribution in [-0.4, -0.2) is 9.78 Å². The summed E-state index contributed by atoms with van der Waals surface area (Å²) < 4.78 is 2.98. The van der Waals surface area contributed by atoms with Gasteiger partial charge in [0.15, 0.2) is 0 Å². The van der Waals surface area contributed by atoms with Crippen molar-refractivity contribution in [3.63, 3.8) is 0 Å². The first-order valence-electron chi connectivity index (χ1n) is 4.62. The standard InChI is InChI=1S/C10H12BrN3S/c1-7-10(11)3-9(15-7)5-12-8-4-13-14(2)6-8/h3-4,6,12H,5H2,1-2H3. The molecule has 0 aromatic carbocycles. The smallest absolute Gasteiger partial charge is 0.0729 e. The van der Waals surface area contributed by atoms with Crippen LogP contribution in [0.1, 0.15) is 9.75 Å². The van der Waals surface area contributed by atoms with Crippen LogP contribution in [0.25, 0.3) is 0 Å². The van der Waals surface area contributed by atoms with E-state index in [4.69, 9.17) is 0 Å². The monoisotopic (exact) mass is 285 g/mol. The van der Waals surface area contributed by atoms with Crippen LogP contribution in [0.2, 0.25) is 0 Å². The molecule has 0 aliphatic heterocycles. The predicted molar refractivity (Wildman–Crippen MR) is 67.3 cm³/mol. The van der Waals surface area contributed by atoms with E-state index in [2.05, 4.69) is 39.3 Å². The van der Waals surface area contributed by atoms with Gasteiger partial charge >= 0.3 is 0 Å². The van der Waals surface area contributed by atoms with E-state index in [0.29, 0.717) is 0 Å². The van der Waals surface area contributed by atoms with Crippen LogP contribution in [0.3, 0.4) is 0 Å². The molecule has 0 aliphatic rings. The summed E-state index contributed by atoms with van der Waals surface area (Å²) in [5, 5.41) is 7.43. The fourth-order valence-corrected chi connectivity index (χ4v) is 2.85. The molecule has 2 aromatic rings. The zero-order chi connectivity index (χ0) is 10.8. The van der Waals surface area contributed by atoms with Crippen LogP contribution in [0.5, 0.6) is 0 Å². The number of rotatable bonds is 3. The summed E-state index contributed by atoms with van der Waals surface area (Å²) in [4.78, 5) is 2.64. The Morgan fingerprint density at radius 2 is 2.40 bits per heavy atom. The van der Waals surface area contributed by atoms with Crippen LogP contribution in [0.4, 0.5) is 5.69 Å². The first kappa shape index (κ1) is 10.7. The van der Waals surface area contributed by atoms with Crippen molar-refractivity contribution in [3.05, 3.63) is 32.7 Å². The largest absolute Gasteiger partial charge is 0.378 e. The zero-order valence-electron chi connectivity index (χ0n) is 8.62. The molecule has 0 saturated carbocycles. The van der Waals surface area contributed by atoms with Gasteiger partial charge < -0.3 is 5.32 Å². The summed E-state index contributed by atoms with van der Waals surface area (Å²) in [6.45, 7) is 2.96. The van der Waals surface area contributed by atoms with E-state index in [-0.39, 0.29) is 0 Å². The third-order valence-electron chi connectivity index (χ3n) is 2.08. The third-order valence-corrected chi connectivity index (χ3v) is 4.22. The molecule has 2 rings (SSSR count). The van der Waals surface area contributed by atoms with Gasteiger partial charge in [-0.1, -0.05) is 0 Å². The van der Waals surface area contributed by atoms with Gasteiger partial charge in [-0.15, -0.1) is 11.3 Å². The maximum atomic E-state index is 4.10. The van der Waals surface area contributed by atoms with Crippen molar-refractivity contribution in [1.82, 2.24) is 9.78 Å². The molecule has 0 radical (unpaired) electrons. The fourth-order valence-electron chi connectivity index (χ4n) is 1.31. The fraction of sp³-hybridized carbons (Fsp3) is 0.300. The van der Waals surface area contributed by atoms with Crippen molar-refractivity contribution >= 4 is 33.0 Å². The summed E-state index contributed by atoms with van der Waals surface area (Å²) in [5.41, 5.74) is 1.06. The van der Waals surface area contributed by atoms with Gasteiger partial charge in [0.2, 0.25) is 0 Å². The Labute approximate surface area is 101 Å². The molecular formula is C10H12BrN3S. The van der Waals surface area contributed by atoms with Crippen LogP contribution in [0, 0.1) is 6.92 Å². The topological polar surface area (TPSA) is 29.9 Å². The van der Waals surface area contributed by atoms with Gasteiger partial charge in [-0.25, -0.2) is 0 Å². The van der Waals surface area contributed by atoms with Crippen molar-refractivity contribution in [3.8, 4) is 0 Å². The number of halogens is 1. The average Bonchev–Trinajstić information content (AvgIpc) is 2.72. The Morgan fingerprint density at radius 3 is 2.93 bits per heavy atom. The first-order valence-corrected chi connectivity index (χ1v) is 6.23. The minimum atomic E-state index is 0.850. The van der Waals surface area contributed by atoms with Gasteiger partial charge in [0, 0.05) is 34.0 Å². The van der Waals surface area contributed by atoms with Crippen LogP contribution in [-0.2, 0) is 13.6 Å². The van der Waals surface area contributed by atoms with Crippen molar-refractivity contribution < 1.29 is 0 Å². The Balaban J connectivity index is 1.99. The van der Waals surface area contributed by atoms with E-state index >= 15 is 0 Å². The highest BCUT2D eigenvalue weighted by atomic mass is 79.9. The Kier molecular flexibility index (Phi) is 3.11. The number of hydrogen-bond donors (Lipinski definition) is 1. The second-order valence-electron chi connectivity index (χ2n) is 3.37. The minimum Gasteiger partial charge on any atom is -0.378 e. The highest BCUT2D eigenvalue weighted by Crippen LogP contribution is 2.26. The summed E-state index contributed by atoms with van der Waals surface area (Å²) in [5.74, 6) is 0. The predicted octanol–water partition coefficient (Wildman–Crippen LogP) is 3.16. The summed E-state index contributed by atoms with van der Waals surface area (Å²) in [6, 6.07) is 2.16. The van der Waals surface area contributed by atoms with Crippen molar-refractivity contribution in [2.45, 2.75) is 13.5 Å². The van der Waals surface area contributed by atoms with E-state index in [1.807, 2.05) is 19.4 Å². The molecule has 0 amide bonds. The molecule has 15 heavy (non-hydrogen) atoms. The molecule has 0 atom stereocenters. The van der Waals surface area contributed by atoms with E-state index in [0.717, 1.165) is 12.2 Å². The Bertz CT molecular complexity index is 441. The number of aryl methyl sites for hydroxylation is 2. The highest BCUT2D eigenvalue weighted by molar-refractivity contribution is 9.10. The highest BCUT2D eigenvalue weighted by Gasteiger charge is 2.02.